The first-order chi connectivity index (χ1) is 9.67. The van der Waals surface area contributed by atoms with E-state index in [2.05, 4.69) is 10.2 Å². The molecule has 2 aromatic rings. The van der Waals surface area contributed by atoms with Crippen molar-refractivity contribution in [3.05, 3.63) is 48.5 Å². The summed E-state index contributed by atoms with van der Waals surface area (Å²) in [4.78, 5) is 11.1. The highest BCUT2D eigenvalue weighted by atomic mass is 16.5. The normalized spacial score (nSPS) is 10.7. The number of carbonyl (C=O) groups excluding carboxylic acids is 1. The molecule has 0 radical (unpaired) electrons. The lowest BCUT2D eigenvalue weighted by atomic mass is 10.3. The number of phenolic OH excluding ortho intramolecular Hbond substituents is 1. The summed E-state index contributed by atoms with van der Waals surface area (Å²) in [7, 11) is 0. The van der Waals surface area contributed by atoms with Crippen LogP contribution in [0.5, 0.6) is 11.5 Å². The summed E-state index contributed by atoms with van der Waals surface area (Å²) in [6, 6.07) is 13.2. The Bertz CT molecular complexity index is 604. The van der Waals surface area contributed by atoms with Gasteiger partial charge in [-0.25, -0.2) is 0 Å². The summed E-state index contributed by atoms with van der Waals surface area (Å²) in [6.45, 7) is 1.74. The van der Waals surface area contributed by atoms with Crippen LogP contribution in [0.2, 0.25) is 0 Å². The fourth-order valence-corrected chi connectivity index (χ4v) is 1.42. The van der Waals surface area contributed by atoms with Gasteiger partial charge in [0.25, 0.3) is 0 Å². The topological polar surface area (TPSA) is 71.2 Å². The minimum absolute atomic E-state index is 0.186. The van der Waals surface area contributed by atoms with E-state index in [0.29, 0.717) is 23.5 Å². The van der Waals surface area contributed by atoms with E-state index in [0.717, 1.165) is 0 Å². The first kappa shape index (κ1) is 13.7. The highest BCUT2D eigenvalue weighted by Crippen LogP contribution is 2.22. The van der Waals surface area contributed by atoms with E-state index in [1.165, 1.54) is 0 Å². The summed E-state index contributed by atoms with van der Waals surface area (Å²) in [5, 5.41) is 17.2. The molecule has 2 rings (SSSR count). The van der Waals surface area contributed by atoms with Crippen molar-refractivity contribution in [3.8, 4) is 11.5 Å². The van der Waals surface area contributed by atoms with E-state index in [1.54, 1.807) is 55.5 Å². The predicted molar refractivity (Wildman–Crippen MR) is 74.7 cm³/mol. The maximum atomic E-state index is 11.1. The molecule has 0 atom stereocenters. The van der Waals surface area contributed by atoms with Crippen molar-refractivity contribution in [3.63, 3.8) is 0 Å². The summed E-state index contributed by atoms with van der Waals surface area (Å²) in [5.74, 6) is 0.398. The van der Waals surface area contributed by atoms with Crippen molar-refractivity contribution >= 4 is 17.3 Å². The minimum Gasteiger partial charge on any atom is -0.508 e. The van der Waals surface area contributed by atoms with Crippen LogP contribution in [0.25, 0.3) is 0 Å². The number of benzene rings is 2. The Kier molecular flexibility index (Phi) is 4.44. The zero-order valence-electron chi connectivity index (χ0n) is 11.0. The second-order valence-electron chi connectivity index (χ2n) is 4.04. The van der Waals surface area contributed by atoms with Crippen LogP contribution >= 0.6 is 0 Å². The molecule has 0 aliphatic carbocycles. The molecule has 0 aromatic heterocycles. The molecular formula is C15H14N2O3. The Hall–Kier alpha value is -2.69. The maximum absolute atomic E-state index is 11.1. The Morgan fingerprint density at radius 3 is 2.00 bits per heavy atom. The number of hydrogen-bond donors (Lipinski definition) is 1. The Morgan fingerprint density at radius 1 is 1.00 bits per heavy atom. The second kappa shape index (κ2) is 6.47. The van der Waals surface area contributed by atoms with Crippen LogP contribution in [-0.2, 0) is 4.79 Å². The van der Waals surface area contributed by atoms with Crippen molar-refractivity contribution in [2.45, 2.75) is 13.3 Å². The Morgan fingerprint density at radius 2 is 1.50 bits per heavy atom. The monoisotopic (exact) mass is 270 g/mol. The van der Waals surface area contributed by atoms with Gasteiger partial charge in [-0.2, -0.15) is 10.2 Å². The minimum atomic E-state index is -0.275. The van der Waals surface area contributed by atoms with Gasteiger partial charge in [-0.3, -0.25) is 4.79 Å². The number of rotatable bonds is 4. The number of hydrogen-bond acceptors (Lipinski definition) is 5. The lowest BCUT2D eigenvalue weighted by Gasteiger charge is -2.01. The first-order valence-electron chi connectivity index (χ1n) is 6.19. The third-order valence-electron chi connectivity index (χ3n) is 2.49. The molecule has 0 spiro atoms. The lowest BCUT2D eigenvalue weighted by molar-refractivity contribution is -0.134. The number of azo groups is 1. The molecule has 0 aliphatic heterocycles. The van der Waals surface area contributed by atoms with Gasteiger partial charge in [-0.15, -0.1) is 0 Å². The number of carbonyl (C=O) groups is 1. The molecule has 0 amide bonds. The van der Waals surface area contributed by atoms with Crippen molar-refractivity contribution in [1.82, 2.24) is 0 Å². The van der Waals surface area contributed by atoms with Gasteiger partial charge in [0.05, 0.1) is 11.4 Å². The largest absolute Gasteiger partial charge is 0.508 e. The molecule has 0 saturated heterocycles. The number of aromatic hydroxyl groups is 1. The fraction of sp³-hybridized carbons (Fsp3) is 0.133. The maximum Gasteiger partial charge on any atom is 0.310 e. The van der Waals surface area contributed by atoms with E-state index in [4.69, 9.17) is 9.84 Å². The zero-order chi connectivity index (χ0) is 14.4. The number of ether oxygens (including phenoxy) is 1. The van der Waals surface area contributed by atoms with Gasteiger partial charge in [0, 0.05) is 6.42 Å². The molecule has 102 valence electrons. The van der Waals surface area contributed by atoms with Crippen molar-refractivity contribution in [1.29, 1.82) is 0 Å². The summed E-state index contributed by atoms with van der Waals surface area (Å²) < 4.78 is 5.06. The highest BCUT2D eigenvalue weighted by Gasteiger charge is 2.01. The standard InChI is InChI=1S/C15H14N2O3/c1-2-15(19)20-14-9-5-12(6-10-14)17-16-11-3-7-13(18)8-4-11/h3-10,18H,2H2,1H3. The van der Waals surface area contributed by atoms with Gasteiger partial charge in [0.2, 0.25) is 0 Å². The molecule has 5 nitrogen and oxygen atoms in total. The van der Waals surface area contributed by atoms with E-state index >= 15 is 0 Å². The SMILES string of the molecule is CCC(=O)Oc1ccc(N=Nc2ccc(O)cc2)cc1. The zero-order valence-corrected chi connectivity index (χ0v) is 11.0. The van der Waals surface area contributed by atoms with Crippen LogP contribution in [0.1, 0.15) is 13.3 Å². The quantitative estimate of drug-likeness (QED) is 0.516. The number of esters is 1. The Labute approximate surface area is 116 Å². The smallest absolute Gasteiger partial charge is 0.310 e. The van der Waals surface area contributed by atoms with Crippen molar-refractivity contribution in [2.24, 2.45) is 10.2 Å². The van der Waals surface area contributed by atoms with E-state index < -0.39 is 0 Å². The lowest BCUT2D eigenvalue weighted by Crippen LogP contribution is -2.04. The molecule has 0 heterocycles. The molecule has 1 N–H and O–H groups in total. The molecule has 0 saturated carbocycles. The van der Waals surface area contributed by atoms with Crippen LogP contribution in [-0.4, -0.2) is 11.1 Å². The van der Waals surface area contributed by atoms with Crippen LogP contribution < -0.4 is 4.74 Å². The van der Waals surface area contributed by atoms with Crippen molar-refractivity contribution < 1.29 is 14.6 Å². The van der Waals surface area contributed by atoms with Crippen LogP contribution in [0.4, 0.5) is 11.4 Å². The molecule has 5 heteroatoms. The third-order valence-corrected chi connectivity index (χ3v) is 2.49. The van der Waals surface area contributed by atoms with Gasteiger partial charge in [0.1, 0.15) is 11.5 Å². The highest BCUT2D eigenvalue weighted by molar-refractivity contribution is 5.72. The molecule has 2 aromatic carbocycles. The summed E-state index contributed by atoms with van der Waals surface area (Å²) in [6.07, 6.45) is 0.336. The predicted octanol–water partition coefficient (Wildman–Crippen LogP) is 4.12. The number of nitrogens with zero attached hydrogens (tertiary/aromatic N) is 2. The van der Waals surface area contributed by atoms with Crippen LogP contribution in [0, 0.1) is 0 Å². The van der Waals surface area contributed by atoms with Gasteiger partial charge in [0.15, 0.2) is 0 Å². The molecule has 0 aliphatic rings. The van der Waals surface area contributed by atoms with Gasteiger partial charge >= 0.3 is 5.97 Å². The van der Waals surface area contributed by atoms with Crippen LogP contribution in [0.3, 0.4) is 0 Å². The van der Waals surface area contributed by atoms with Gasteiger partial charge in [-0.1, -0.05) is 6.92 Å². The Balaban J connectivity index is 2.03. The van der Waals surface area contributed by atoms with Crippen molar-refractivity contribution in [2.75, 3.05) is 0 Å². The molecule has 20 heavy (non-hydrogen) atoms. The van der Waals surface area contributed by atoms with Crippen LogP contribution in [0.15, 0.2) is 58.8 Å². The first-order valence-corrected chi connectivity index (χ1v) is 6.19. The number of phenols is 1. The molecule has 0 bridgehead atoms. The second-order valence-corrected chi connectivity index (χ2v) is 4.04. The van der Waals surface area contributed by atoms with Gasteiger partial charge < -0.3 is 9.84 Å². The molecule has 0 unspecified atom stereocenters. The fourth-order valence-electron chi connectivity index (χ4n) is 1.42. The van der Waals surface area contributed by atoms with E-state index in [-0.39, 0.29) is 11.7 Å². The van der Waals surface area contributed by atoms with Gasteiger partial charge in [-0.05, 0) is 48.5 Å². The summed E-state index contributed by atoms with van der Waals surface area (Å²) >= 11 is 0. The van der Waals surface area contributed by atoms with E-state index in [9.17, 15) is 4.79 Å². The third kappa shape index (κ3) is 3.91. The summed E-state index contributed by atoms with van der Waals surface area (Å²) in [5.41, 5.74) is 1.29. The average molecular weight is 270 g/mol. The molecular weight excluding hydrogens is 256 g/mol. The average Bonchev–Trinajstić information content (AvgIpc) is 2.48. The van der Waals surface area contributed by atoms with E-state index in [1.807, 2.05) is 0 Å². The molecule has 0 fully saturated rings.